The second kappa shape index (κ2) is 3.84. The molecule has 0 atom stereocenters. The van der Waals surface area contributed by atoms with Gasteiger partial charge in [-0.05, 0) is 11.6 Å². The molecule has 0 unspecified atom stereocenters. The van der Waals surface area contributed by atoms with Crippen LogP contribution >= 0.6 is 0 Å². The van der Waals surface area contributed by atoms with Gasteiger partial charge in [-0.15, -0.1) is 0 Å². The van der Waals surface area contributed by atoms with Crippen LogP contribution in [0.3, 0.4) is 0 Å². The first-order chi connectivity index (χ1) is 5.79. The number of hydrogen-bond acceptors (Lipinski definition) is 2. The van der Waals surface area contributed by atoms with E-state index in [1.54, 1.807) is 12.1 Å². The van der Waals surface area contributed by atoms with Gasteiger partial charge in [0.15, 0.2) is 0 Å². The van der Waals surface area contributed by atoms with Crippen LogP contribution in [-0.4, -0.2) is 0 Å². The minimum atomic E-state index is -0.348. The highest BCUT2D eigenvalue weighted by molar-refractivity contribution is 5.30. The van der Waals surface area contributed by atoms with Gasteiger partial charge in [-0.25, -0.2) is 4.39 Å². The van der Waals surface area contributed by atoms with E-state index >= 15 is 0 Å². The Kier molecular flexibility index (Phi) is 2.78. The van der Waals surface area contributed by atoms with Crippen molar-refractivity contribution in [2.45, 2.75) is 13.0 Å². The fourth-order valence-corrected chi connectivity index (χ4v) is 1.07. The first-order valence-corrected chi connectivity index (χ1v) is 3.63. The number of halogens is 1. The zero-order valence-electron chi connectivity index (χ0n) is 6.55. The molecule has 0 saturated heterocycles. The molecule has 0 fully saturated rings. The minimum Gasteiger partial charge on any atom is -0.326 e. The van der Waals surface area contributed by atoms with E-state index in [1.165, 1.54) is 6.07 Å². The number of benzene rings is 1. The van der Waals surface area contributed by atoms with E-state index < -0.39 is 0 Å². The van der Waals surface area contributed by atoms with Gasteiger partial charge in [0.2, 0.25) is 0 Å². The van der Waals surface area contributed by atoms with Crippen molar-refractivity contribution in [3.8, 4) is 6.07 Å². The van der Waals surface area contributed by atoms with Crippen molar-refractivity contribution in [2.75, 3.05) is 0 Å². The molecule has 0 heterocycles. The lowest BCUT2D eigenvalue weighted by atomic mass is 10.0. The number of hydrogen-bond donors (Lipinski definition) is 1. The van der Waals surface area contributed by atoms with Gasteiger partial charge in [0.25, 0.3) is 0 Å². The van der Waals surface area contributed by atoms with Crippen molar-refractivity contribution in [1.29, 1.82) is 5.26 Å². The SMILES string of the molecule is N#CCc1c(F)cccc1CN. The minimum absolute atomic E-state index is 0.0825. The highest BCUT2D eigenvalue weighted by Crippen LogP contribution is 2.13. The third-order valence-corrected chi connectivity index (χ3v) is 1.69. The maximum absolute atomic E-state index is 13.0. The highest BCUT2D eigenvalue weighted by atomic mass is 19.1. The molecule has 1 rings (SSSR count). The summed E-state index contributed by atoms with van der Waals surface area (Å²) in [6.45, 7) is 0.273. The Morgan fingerprint density at radius 3 is 2.83 bits per heavy atom. The molecule has 1 aromatic rings. The summed E-state index contributed by atoms with van der Waals surface area (Å²) in [7, 11) is 0. The summed E-state index contributed by atoms with van der Waals surface area (Å²) >= 11 is 0. The predicted octanol–water partition coefficient (Wildman–Crippen LogP) is 1.35. The molecule has 0 spiro atoms. The molecule has 0 aliphatic carbocycles. The summed E-state index contributed by atoms with van der Waals surface area (Å²) in [5.74, 6) is -0.348. The molecule has 3 heteroatoms. The van der Waals surface area contributed by atoms with E-state index in [0.717, 1.165) is 0 Å². The summed E-state index contributed by atoms with van der Waals surface area (Å²) in [5.41, 5.74) is 6.50. The van der Waals surface area contributed by atoms with Gasteiger partial charge in [0.1, 0.15) is 5.82 Å². The van der Waals surface area contributed by atoms with Gasteiger partial charge in [-0.3, -0.25) is 0 Å². The zero-order chi connectivity index (χ0) is 8.97. The van der Waals surface area contributed by atoms with Gasteiger partial charge in [0.05, 0.1) is 12.5 Å². The fourth-order valence-electron chi connectivity index (χ4n) is 1.07. The second-order valence-electron chi connectivity index (χ2n) is 2.42. The Morgan fingerprint density at radius 1 is 1.50 bits per heavy atom. The number of nitrogens with zero attached hydrogens (tertiary/aromatic N) is 1. The fraction of sp³-hybridized carbons (Fsp3) is 0.222. The smallest absolute Gasteiger partial charge is 0.127 e. The lowest BCUT2D eigenvalue weighted by Crippen LogP contribution is -2.03. The van der Waals surface area contributed by atoms with Gasteiger partial charge in [0, 0.05) is 12.1 Å². The van der Waals surface area contributed by atoms with Crippen molar-refractivity contribution >= 4 is 0 Å². The molecule has 0 aromatic heterocycles. The maximum Gasteiger partial charge on any atom is 0.127 e. The molecule has 1 aromatic carbocycles. The Hall–Kier alpha value is -1.40. The van der Waals surface area contributed by atoms with Crippen molar-refractivity contribution in [1.82, 2.24) is 0 Å². The van der Waals surface area contributed by atoms with Crippen LogP contribution in [0, 0.1) is 17.1 Å². The number of nitrogens with two attached hydrogens (primary N) is 1. The number of rotatable bonds is 2. The molecule has 12 heavy (non-hydrogen) atoms. The third kappa shape index (κ3) is 1.60. The molecule has 0 amide bonds. The standard InChI is InChI=1S/C9H9FN2/c10-9-3-1-2-7(6-12)8(9)4-5-11/h1-3H,4,6,12H2. The van der Waals surface area contributed by atoms with Gasteiger partial charge >= 0.3 is 0 Å². The van der Waals surface area contributed by atoms with E-state index in [4.69, 9.17) is 11.0 Å². The van der Waals surface area contributed by atoms with Gasteiger partial charge < -0.3 is 5.73 Å². The lowest BCUT2D eigenvalue weighted by molar-refractivity contribution is 0.612. The Balaban J connectivity index is 3.12. The van der Waals surface area contributed by atoms with Gasteiger partial charge in [-0.1, -0.05) is 12.1 Å². The van der Waals surface area contributed by atoms with Crippen molar-refractivity contribution in [2.24, 2.45) is 5.73 Å². The molecular formula is C9H9FN2. The first kappa shape index (κ1) is 8.69. The third-order valence-electron chi connectivity index (χ3n) is 1.69. The summed E-state index contributed by atoms with van der Waals surface area (Å²) in [6.07, 6.45) is 0.0825. The van der Waals surface area contributed by atoms with Crippen LogP contribution in [0.1, 0.15) is 11.1 Å². The molecular weight excluding hydrogens is 155 g/mol. The maximum atomic E-state index is 13.0. The largest absolute Gasteiger partial charge is 0.326 e. The second-order valence-corrected chi connectivity index (χ2v) is 2.42. The van der Waals surface area contributed by atoms with Crippen LogP contribution in [0.2, 0.25) is 0 Å². The molecule has 62 valence electrons. The Bertz CT molecular complexity index is 315. The van der Waals surface area contributed by atoms with E-state index in [9.17, 15) is 4.39 Å². The highest BCUT2D eigenvalue weighted by Gasteiger charge is 2.05. The summed E-state index contributed by atoms with van der Waals surface area (Å²) in [5, 5.41) is 8.41. The molecule has 2 nitrogen and oxygen atoms in total. The van der Waals surface area contributed by atoms with Crippen LogP contribution in [0.4, 0.5) is 4.39 Å². The van der Waals surface area contributed by atoms with Gasteiger partial charge in [-0.2, -0.15) is 5.26 Å². The Morgan fingerprint density at radius 2 is 2.25 bits per heavy atom. The van der Waals surface area contributed by atoms with Crippen molar-refractivity contribution in [3.63, 3.8) is 0 Å². The van der Waals surface area contributed by atoms with Crippen LogP contribution in [0.5, 0.6) is 0 Å². The first-order valence-electron chi connectivity index (χ1n) is 3.63. The summed E-state index contributed by atoms with van der Waals surface area (Å²) in [6, 6.07) is 6.57. The molecule has 0 aliphatic rings. The molecule has 0 bridgehead atoms. The molecule has 0 radical (unpaired) electrons. The van der Waals surface area contributed by atoms with Crippen molar-refractivity contribution in [3.05, 3.63) is 35.1 Å². The van der Waals surface area contributed by atoms with Crippen LogP contribution < -0.4 is 5.73 Å². The summed E-state index contributed by atoms with van der Waals surface area (Å²) in [4.78, 5) is 0. The average Bonchev–Trinajstić information content (AvgIpc) is 2.09. The zero-order valence-corrected chi connectivity index (χ0v) is 6.55. The average molecular weight is 164 g/mol. The van der Waals surface area contributed by atoms with Crippen LogP contribution in [0.15, 0.2) is 18.2 Å². The monoisotopic (exact) mass is 164 g/mol. The van der Waals surface area contributed by atoms with E-state index in [-0.39, 0.29) is 18.8 Å². The number of nitriles is 1. The molecule has 0 aliphatic heterocycles. The van der Waals surface area contributed by atoms with E-state index in [0.29, 0.717) is 11.1 Å². The molecule has 2 N–H and O–H groups in total. The summed E-state index contributed by atoms with van der Waals surface area (Å²) < 4.78 is 13.0. The normalized spacial score (nSPS) is 9.42. The topological polar surface area (TPSA) is 49.8 Å². The molecule has 0 saturated carbocycles. The predicted molar refractivity (Wildman–Crippen MR) is 43.6 cm³/mol. The quantitative estimate of drug-likeness (QED) is 0.717. The lowest BCUT2D eigenvalue weighted by Gasteiger charge is -2.03. The van der Waals surface area contributed by atoms with Crippen molar-refractivity contribution < 1.29 is 4.39 Å². The van der Waals surface area contributed by atoms with E-state index in [2.05, 4.69) is 0 Å². The van der Waals surface area contributed by atoms with Crippen LogP contribution in [0.25, 0.3) is 0 Å². The van der Waals surface area contributed by atoms with E-state index in [1.807, 2.05) is 6.07 Å². The Labute approximate surface area is 70.4 Å². The van der Waals surface area contributed by atoms with Crippen LogP contribution in [-0.2, 0) is 13.0 Å².